The molecule has 1 aromatic heterocycles. The van der Waals surface area contributed by atoms with Gasteiger partial charge in [0.25, 0.3) is 5.91 Å². The lowest BCUT2D eigenvalue weighted by atomic mass is 10.00. The Labute approximate surface area is 216 Å². The molecular formula is C29H32N2O4S. The van der Waals surface area contributed by atoms with Crippen molar-refractivity contribution in [1.29, 1.82) is 0 Å². The van der Waals surface area contributed by atoms with Crippen LogP contribution in [0.25, 0.3) is 0 Å². The first-order chi connectivity index (χ1) is 17.5. The number of hydrogen-bond donors (Lipinski definition) is 0. The van der Waals surface area contributed by atoms with Crippen molar-refractivity contribution in [3.05, 3.63) is 81.0 Å². The van der Waals surface area contributed by atoms with Crippen molar-refractivity contribution in [2.75, 3.05) is 26.8 Å². The van der Waals surface area contributed by atoms with E-state index in [-0.39, 0.29) is 30.4 Å². The maximum atomic E-state index is 13.7. The highest BCUT2D eigenvalue weighted by Crippen LogP contribution is 2.36. The average molecular weight is 505 g/mol. The number of carbonyl (C=O) groups excluding carboxylic acids is 2. The van der Waals surface area contributed by atoms with E-state index < -0.39 is 0 Å². The number of thiophene rings is 1. The van der Waals surface area contributed by atoms with E-state index in [4.69, 9.17) is 9.47 Å². The van der Waals surface area contributed by atoms with Crippen LogP contribution in [0.1, 0.15) is 50.8 Å². The molecule has 0 bridgehead atoms. The Morgan fingerprint density at radius 2 is 1.89 bits per heavy atom. The van der Waals surface area contributed by atoms with Gasteiger partial charge in [0.2, 0.25) is 5.91 Å². The zero-order valence-corrected chi connectivity index (χ0v) is 21.8. The second-order valence-electron chi connectivity index (χ2n) is 9.60. The molecule has 0 N–H and O–H groups in total. The molecule has 1 unspecified atom stereocenters. The van der Waals surface area contributed by atoms with Crippen molar-refractivity contribution in [3.8, 4) is 11.5 Å². The summed E-state index contributed by atoms with van der Waals surface area (Å²) in [5, 5.41) is 2.09. The molecule has 0 spiro atoms. The van der Waals surface area contributed by atoms with E-state index in [1.54, 1.807) is 35.5 Å². The number of benzene rings is 2. The third kappa shape index (κ3) is 4.98. The van der Waals surface area contributed by atoms with Gasteiger partial charge >= 0.3 is 0 Å². The highest BCUT2D eigenvalue weighted by Gasteiger charge is 2.38. The maximum Gasteiger partial charge on any atom is 0.258 e. The molecule has 6 nitrogen and oxygen atoms in total. The normalized spacial score (nSPS) is 16.9. The summed E-state index contributed by atoms with van der Waals surface area (Å²) >= 11 is 1.73. The number of fused-ring (bicyclic) bond motifs is 1. The minimum Gasteiger partial charge on any atom is -0.496 e. The minimum atomic E-state index is -0.185. The van der Waals surface area contributed by atoms with Gasteiger partial charge in [0.15, 0.2) is 0 Å². The Morgan fingerprint density at radius 3 is 2.64 bits per heavy atom. The van der Waals surface area contributed by atoms with Gasteiger partial charge in [-0.2, -0.15) is 0 Å². The van der Waals surface area contributed by atoms with Crippen LogP contribution in [0, 0.1) is 13.8 Å². The second kappa shape index (κ2) is 10.3. The van der Waals surface area contributed by atoms with Crippen molar-refractivity contribution >= 4 is 23.2 Å². The fourth-order valence-electron chi connectivity index (χ4n) is 4.97. The Balaban J connectivity index is 1.36. The van der Waals surface area contributed by atoms with Gasteiger partial charge in [-0.15, -0.1) is 11.3 Å². The molecule has 2 aromatic carbocycles. The lowest BCUT2D eigenvalue weighted by Crippen LogP contribution is -2.48. The van der Waals surface area contributed by atoms with Gasteiger partial charge in [0.05, 0.1) is 18.7 Å². The van der Waals surface area contributed by atoms with E-state index in [0.29, 0.717) is 24.5 Å². The third-order valence-electron chi connectivity index (χ3n) is 7.03. The van der Waals surface area contributed by atoms with E-state index in [1.165, 1.54) is 10.4 Å². The van der Waals surface area contributed by atoms with Crippen molar-refractivity contribution in [1.82, 2.24) is 9.80 Å². The van der Waals surface area contributed by atoms with Crippen LogP contribution in [0.15, 0.2) is 53.9 Å². The first-order valence-corrected chi connectivity index (χ1v) is 13.3. The predicted octanol–water partition coefficient (Wildman–Crippen LogP) is 5.18. The number of nitrogens with zero attached hydrogens (tertiary/aromatic N) is 2. The smallest absolute Gasteiger partial charge is 0.258 e. The first-order valence-electron chi connectivity index (χ1n) is 12.5. The van der Waals surface area contributed by atoms with E-state index in [9.17, 15) is 9.59 Å². The highest BCUT2D eigenvalue weighted by molar-refractivity contribution is 7.10. The van der Waals surface area contributed by atoms with Crippen LogP contribution in [0.5, 0.6) is 11.5 Å². The quantitative estimate of drug-likeness (QED) is 0.424. The molecule has 0 radical (unpaired) electrons. The van der Waals surface area contributed by atoms with E-state index >= 15 is 0 Å². The van der Waals surface area contributed by atoms with E-state index in [2.05, 4.69) is 24.4 Å². The molecule has 1 saturated carbocycles. The van der Waals surface area contributed by atoms with Crippen molar-refractivity contribution < 1.29 is 19.1 Å². The molecule has 2 aliphatic rings. The minimum absolute atomic E-state index is 0.0452. The summed E-state index contributed by atoms with van der Waals surface area (Å²) in [6, 6.07) is 15.4. The van der Waals surface area contributed by atoms with Gasteiger partial charge in [-0.3, -0.25) is 9.59 Å². The van der Waals surface area contributed by atoms with Gasteiger partial charge in [-0.1, -0.05) is 29.8 Å². The van der Waals surface area contributed by atoms with Crippen LogP contribution < -0.4 is 9.47 Å². The molecule has 1 fully saturated rings. The molecule has 1 atom stereocenters. The van der Waals surface area contributed by atoms with Crippen LogP contribution >= 0.6 is 11.3 Å². The summed E-state index contributed by atoms with van der Waals surface area (Å²) < 4.78 is 11.7. The molecule has 188 valence electrons. The van der Waals surface area contributed by atoms with Crippen molar-refractivity contribution in [2.45, 2.75) is 45.2 Å². The Morgan fingerprint density at radius 1 is 1.08 bits per heavy atom. The largest absolute Gasteiger partial charge is 0.496 e. The molecule has 1 aliphatic heterocycles. The lowest BCUT2D eigenvalue weighted by molar-refractivity contribution is -0.135. The molecule has 0 saturated heterocycles. The number of amides is 2. The Bertz CT molecular complexity index is 1270. The zero-order valence-electron chi connectivity index (χ0n) is 21.0. The monoisotopic (exact) mass is 504 g/mol. The molecule has 7 heteroatoms. The van der Waals surface area contributed by atoms with Crippen molar-refractivity contribution in [3.63, 3.8) is 0 Å². The number of aryl methyl sites for hydroxylation is 2. The predicted molar refractivity (Wildman–Crippen MR) is 141 cm³/mol. The Hall–Kier alpha value is -3.32. The van der Waals surface area contributed by atoms with Crippen LogP contribution in [0.3, 0.4) is 0 Å². The van der Waals surface area contributed by atoms with Gasteiger partial charge in [0.1, 0.15) is 24.7 Å². The molecule has 2 heterocycles. The number of hydrogen-bond acceptors (Lipinski definition) is 5. The molecular weight excluding hydrogens is 472 g/mol. The zero-order chi connectivity index (χ0) is 25.2. The lowest BCUT2D eigenvalue weighted by Gasteiger charge is -2.37. The average Bonchev–Trinajstić information content (AvgIpc) is 3.61. The van der Waals surface area contributed by atoms with Crippen LogP contribution in [0.2, 0.25) is 0 Å². The molecule has 5 rings (SSSR count). The number of carbonyl (C=O) groups is 2. The number of para-hydroxylation sites is 1. The summed E-state index contributed by atoms with van der Waals surface area (Å²) in [5.74, 6) is 1.17. The third-order valence-corrected chi connectivity index (χ3v) is 8.03. The summed E-state index contributed by atoms with van der Waals surface area (Å²) in [6.07, 6.45) is 2.66. The van der Waals surface area contributed by atoms with Gasteiger partial charge < -0.3 is 19.3 Å². The van der Waals surface area contributed by atoms with Crippen LogP contribution in [0.4, 0.5) is 0 Å². The number of ether oxygens (including phenoxy) is 2. The second-order valence-corrected chi connectivity index (χ2v) is 10.6. The fourth-order valence-corrected chi connectivity index (χ4v) is 5.90. The fraction of sp³-hybridized carbons (Fsp3) is 0.379. The molecule has 3 aromatic rings. The summed E-state index contributed by atoms with van der Waals surface area (Å²) in [7, 11) is 1.56. The summed E-state index contributed by atoms with van der Waals surface area (Å²) in [4.78, 5) is 32.2. The van der Waals surface area contributed by atoms with Gasteiger partial charge in [0, 0.05) is 17.5 Å². The van der Waals surface area contributed by atoms with E-state index in [1.807, 2.05) is 36.1 Å². The van der Waals surface area contributed by atoms with Crippen LogP contribution in [-0.2, 0) is 11.2 Å². The molecule has 2 amide bonds. The SMILES string of the molecule is COc1ccccc1C(=O)N(CC(=O)N1CCc2sccc2C1COc1ccc(C)cc1C)C1CC1. The summed E-state index contributed by atoms with van der Waals surface area (Å²) in [6.45, 7) is 5.16. The number of rotatable bonds is 8. The first kappa shape index (κ1) is 24.4. The topological polar surface area (TPSA) is 59.1 Å². The summed E-state index contributed by atoms with van der Waals surface area (Å²) in [5.41, 5.74) is 3.91. The van der Waals surface area contributed by atoms with Crippen molar-refractivity contribution in [2.24, 2.45) is 0 Å². The van der Waals surface area contributed by atoms with Gasteiger partial charge in [-0.05, 0) is 73.9 Å². The Kier molecular flexibility index (Phi) is 7.01. The maximum absolute atomic E-state index is 13.7. The molecule has 1 aliphatic carbocycles. The molecule has 36 heavy (non-hydrogen) atoms. The van der Waals surface area contributed by atoms with E-state index in [0.717, 1.165) is 36.1 Å². The van der Waals surface area contributed by atoms with Crippen LogP contribution in [-0.4, -0.2) is 54.5 Å². The standard InChI is InChI=1S/C29H32N2O4S/c1-19-8-11-25(20(2)16-19)35-18-24-22-13-15-36-27(22)12-14-30(24)28(32)17-31(21-9-10-21)29(33)23-6-4-5-7-26(23)34-3/h4-8,11,13,15-16,21,24H,9-10,12,14,17-18H2,1-3H3. The van der Waals surface area contributed by atoms with Gasteiger partial charge in [-0.25, -0.2) is 0 Å². The highest BCUT2D eigenvalue weighted by atomic mass is 32.1. The number of methoxy groups -OCH3 is 1.